The van der Waals surface area contributed by atoms with Gasteiger partial charge in [0.15, 0.2) is 0 Å². The number of hydrogen-bond donors (Lipinski definition) is 2. The summed E-state index contributed by atoms with van der Waals surface area (Å²) in [5.74, 6) is 0.892. The maximum absolute atomic E-state index is 9.01. The lowest BCUT2D eigenvalue weighted by Crippen LogP contribution is -1.96. The lowest BCUT2D eigenvalue weighted by molar-refractivity contribution is 0.276. The summed E-state index contributed by atoms with van der Waals surface area (Å²) in [6, 6.07) is 9.74. The summed E-state index contributed by atoms with van der Waals surface area (Å²) < 4.78 is 5.70. The molecule has 0 bridgehead atoms. The number of benzene rings is 1. The zero-order valence-electron chi connectivity index (χ0n) is 11.9. The molecule has 0 saturated heterocycles. The Morgan fingerprint density at radius 1 is 1.15 bits per heavy atom. The van der Waals surface area contributed by atoms with Gasteiger partial charge in [-0.05, 0) is 36.8 Å². The molecule has 2 aromatic rings. The van der Waals surface area contributed by atoms with E-state index in [1.54, 1.807) is 0 Å². The van der Waals surface area contributed by atoms with Gasteiger partial charge in [0.05, 0.1) is 24.6 Å². The molecule has 0 radical (unpaired) electrons. The SMILES string of the molecule is CCCCCCOc1ccc(-c2cc(CO)[nH]n2)cc1. The average molecular weight is 274 g/mol. The summed E-state index contributed by atoms with van der Waals surface area (Å²) in [6.45, 7) is 2.96. The van der Waals surface area contributed by atoms with Crippen molar-refractivity contribution in [3.05, 3.63) is 36.0 Å². The third-order valence-corrected chi connectivity index (χ3v) is 3.22. The van der Waals surface area contributed by atoms with E-state index in [0.29, 0.717) is 0 Å². The van der Waals surface area contributed by atoms with E-state index in [1.165, 1.54) is 19.3 Å². The number of hydrogen-bond acceptors (Lipinski definition) is 3. The molecule has 0 atom stereocenters. The second-order valence-corrected chi connectivity index (χ2v) is 4.87. The number of aromatic amines is 1. The summed E-state index contributed by atoms with van der Waals surface area (Å²) in [5.41, 5.74) is 2.57. The Morgan fingerprint density at radius 2 is 1.95 bits per heavy atom. The van der Waals surface area contributed by atoms with Crippen LogP contribution in [0.3, 0.4) is 0 Å². The Kier molecular flexibility index (Phi) is 5.62. The fourth-order valence-corrected chi connectivity index (χ4v) is 2.03. The number of aromatic nitrogens is 2. The number of nitrogens with zero attached hydrogens (tertiary/aromatic N) is 1. The van der Waals surface area contributed by atoms with Gasteiger partial charge in [0.2, 0.25) is 0 Å². The molecule has 0 amide bonds. The van der Waals surface area contributed by atoms with Crippen molar-refractivity contribution < 1.29 is 9.84 Å². The van der Waals surface area contributed by atoms with Crippen LogP contribution in [0.15, 0.2) is 30.3 Å². The molecule has 0 unspecified atom stereocenters. The molecule has 0 aliphatic heterocycles. The highest BCUT2D eigenvalue weighted by atomic mass is 16.5. The molecule has 4 nitrogen and oxygen atoms in total. The lowest BCUT2D eigenvalue weighted by atomic mass is 10.1. The van der Waals surface area contributed by atoms with Crippen LogP contribution < -0.4 is 4.74 Å². The van der Waals surface area contributed by atoms with Crippen molar-refractivity contribution in [3.8, 4) is 17.0 Å². The minimum atomic E-state index is -0.0219. The first-order chi connectivity index (χ1) is 9.83. The van der Waals surface area contributed by atoms with Crippen LogP contribution in [0.1, 0.15) is 38.3 Å². The summed E-state index contributed by atoms with van der Waals surface area (Å²) in [5, 5.41) is 16.0. The number of ether oxygens (including phenoxy) is 1. The first-order valence-electron chi connectivity index (χ1n) is 7.22. The van der Waals surface area contributed by atoms with Crippen LogP contribution >= 0.6 is 0 Å². The van der Waals surface area contributed by atoms with Gasteiger partial charge in [0.1, 0.15) is 5.75 Å². The molecule has 20 heavy (non-hydrogen) atoms. The minimum Gasteiger partial charge on any atom is -0.494 e. The van der Waals surface area contributed by atoms with Crippen LogP contribution in [0.2, 0.25) is 0 Å². The molecule has 1 aromatic carbocycles. The minimum absolute atomic E-state index is 0.0219. The summed E-state index contributed by atoms with van der Waals surface area (Å²) in [6.07, 6.45) is 4.85. The zero-order chi connectivity index (χ0) is 14.2. The fourth-order valence-electron chi connectivity index (χ4n) is 2.03. The van der Waals surface area contributed by atoms with Crippen LogP contribution in [0.4, 0.5) is 0 Å². The molecule has 0 fully saturated rings. The van der Waals surface area contributed by atoms with Gasteiger partial charge in [-0.1, -0.05) is 26.2 Å². The highest BCUT2D eigenvalue weighted by Gasteiger charge is 2.03. The van der Waals surface area contributed by atoms with Gasteiger partial charge in [0.25, 0.3) is 0 Å². The van der Waals surface area contributed by atoms with Crippen molar-refractivity contribution in [2.24, 2.45) is 0 Å². The van der Waals surface area contributed by atoms with E-state index in [1.807, 2.05) is 30.3 Å². The molecule has 0 saturated carbocycles. The van der Waals surface area contributed by atoms with Crippen LogP contribution in [-0.2, 0) is 6.61 Å². The number of H-pyrrole nitrogens is 1. The molecule has 1 aromatic heterocycles. The van der Waals surface area contributed by atoms with Gasteiger partial charge in [0, 0.05) is 5.56 Å². The van der Waals surface area contributed by atoms with E-state index in [2.05, 4.69) is 17.1 Å². The number of rotatable bonds is 8. The van der Waals surface area contributed by atoms with Crippen LogP contribution in [0.25, 0.3) is 11.3 Å². The van der Waals surface area contributed by atoms with Gasteiger partial charge < -0.3 is 9.84 Å². The largest absolute Gasteiger partial charge is 0.494 e. The number of unbranched alkanes of at least 4 members (excludes halogenated alkanes) is 3. The Bertz CT molecular complexity index is 505. The third kappa shape index (κ3) is 4.10. The first-order valence-corrected chi connectivity index (χ1v) is 7.22. The van der Waals surface area contributed by atoms with Gasteiger partial charge in [-0.2, -0.15) is 5.10 Å². The Labute approximate surface area is 119 Å². The van der Waals surface area contributed by atoms with E-state index >= 15 is 0 Å². The van der Waals surface area contributed by atoms with E-state index in [4.69, 9.17) is 9.84 Å². The number of aliphatic hydroxyl groups is 1. The van der Waals surface area contributed by atoms with Gasteiger partial charge >= 0.3 is 0 Å². The molecular formula is C16H22N2O2. The third-order valence-electron chi connectivity index (χ3n) is 3.22. The van der Waals surface area contributed by atoms with Gasteiger partial charge in [-0.25, -0.2) is 0 Å². The Hall–Kier alpha value is -1.81. The van der Waals surface area contributed by atoms with Crippen molar-refractivity contribution in [1.82, 2.24) is 10.2 Å². The normalized spacial score (nSPS) is 10.7. The van der Waals surface area contributed by atoms with Crippen molar-refractivity contribution in [2.75, 3.05) is 6.61 Å². The van der Waals surface area contributed by atoms with Crippen LogP contribution in [0, 0.1) is 0 Å². The number of nitrogens with one attached hydrogen (secondary N) is 1. The molecular weight excluding hydrogens is 252 g/mol. The molecule has 0 aliphatic rings. The molecule has 0 spiro atoms. The molecule has 2 rings (SSSR count). The summed E-state index contributed by atoms with van der Waals surface area (Å²) >= 11 is 0. The standard InChI is InChI=1S/C16H22N2O2/c1-2-3-4-5-10-20-15-8-6-13(7-9-15)16-11-14(12-19)17-18-16/h6-9,11,19H,2-5,10,12H2,1H3,(H,17,18). The van der Waals surface area contributed by atoms with Crippen molar-refractivity contribution >= 4 is 0 Å². The van der Waals surface area contributed by atoms with Crippen molar-refractivity contribution in [2.45, 2.75) is 39.2 Å². The molecule has 4 heteroatoms. The summed E-state index contributed by atoms with van der Waals surface area (Å²) in [4.78, 5) is 0. The van der Waals surface area contributed by atoms with Crippen molar-refractivity contribution in [1.29, 1.82) is 0 Å². The molecule has 108 valence electrons. The molecule has 2 N–H and O–H groups in total. The number of aliphatic hydroxyl groups excluding tert-OH is 1. The Balaban J connectivity index is 1.86. The predicted molar refractivity (Wildman–Crippen MR) is 79.6 cm³/mol. The maximum Gasteiger partial charge on any atom is 0.119 e. The molecule has 1 heterocycles. The topological polar surface area (TPSA) is 58.1 Å². The van der Waals surface area contributed by atoms with E-state index in [-0.39, 0.29) is 6.61 Å². The second kappa shape index (κ2) is 7.70. The average Bonchev–Trinajstić information content (AvgIpc) is 2.97. The highest BCUT2D eigenvalue weighted by Crippen LogP contribution is 2.21. The Morgan fingerprint density at radius 3 is 2.60 bits per heavy atom. The van der Waals surface area contributed by atoms with Crippen molar-refractivity contribution in [3.63, 3.8) is 0 Å². The lowest BCUT2D eigenvalue weighted by Gasteiger charge is -2.06. The maximum atomic E-state index is 9.01. The van der Waals surface area contributed by atoms with E-state index in [9.17, 15) is 0 Å². The van der Waals surface area contributed by atoms with Crippen LogP contribution in [0.5, 0.6) is 5.75 Å². The quantitative estimate of drug-likeness (QED) is 0.724. The summed E-state index contributed by atoms with van der Waals surface area (Å²) in [7, 11) is 0. The van der Waals surface area contributed by atoms with Crippen LogP contribution in [-0.4, -0.2) is 21.9 Å². The predicted octanol–water partition coefficient (Wildman–Crippen LogP) is 3.53. The van der Waals surface area contributed by atoms with Gasteiger partial charge in [-0.3, -0.25) is 5.10 Å². The van der Waals surface area contributed by atoms with E-state index in [0.717, 1.165) is 35.7 Å². The molecule has 0 aliphatic carbocycles. The second-order valence-electron chi connectivity index (χ2n) is 4.87. The van der Waals surface area contributed by atoms with E-state index < -0.39 is 0 Å². The highest BCUT2D eigenvalue weighted by molar-refractivity contribution is 5.60. The monoisotopic (exact) mass is 274 g/mol. The smallest absolute Gasteiger partial charge is 0.119 e. The zero-order valence-corrected chi connectivity index (χ0v) is 11.9. The fraction of sp³-hybridized carbons (Fsp3) is 0.438. The van der Waals surface area contributed by atoms with Gasteiger partial charge in [-0.15, -0.1) is 0 Å². The first kappa shape index (κ1) is 14.6.